The first-order chi connectivity index (χ1) is 11.3. The van der Waals surface area contributed by atoms with Gasteiger partial charge in [-0.15, -0.1) is 0 Å². The molecule has 6 nitrogen and oxygen atoms in total. The lowest BCUT2D eigenvalue weighted by Gasteiger charge is -2.11. The summed E-state index contributed by atoms with van der Waals surface area (Å²) >= 11 is 0. The molecule has 0 fully saturated rings. The Morgan fingerprint density at radius 1 is 1.17 bits per heavy atom. The third kappa shape index (κ3) is 9.52. The summed E-state index contributed by atoms with van der Waals surface area (Å²) in [6, 6.07) is 9.88. The molecule has 0 aromatic heterocycles. The van der Waals surface area contributed by atoms with Gasteiger partial charge in [-0.25, -0.2) is 0 Å². The van der Waals surface area contributed by atoms with Crippen LogP contribution in [0.5, 0.6) is 0 Å². The van der Waals surface area contributed by atoms with Crippen molar-refractivity contribution in [3.63, 3.8) is 0 Å². The second-order valence-corrected chi connectivity index (χ2v) is 5.05. The minimum atomic E-state index is 0.0246. The number of hydrogen-bond donors (Lipinski definition) is 3. The Bertz CT molecular complexity index is 463. The SMILES string of the molecule is CCNC(=NCCCOC)NCCC(=O)NCc1ccccc1. The van der Waals surface area contributed by atoms with E-state index in [1.54, 1.807) is 7.11 Å². The molecule has 0 saturated carbocycles. The number of nitrogens with one attached hydrogen (secondary N) is 3. The van der Waals surface area contributed by atoms with Crippen molar-refractivity contribution in [2.75, 3.05) is 33.4 Å². The molecule has 0 saturated heterocycles. The van der Waals surface area contributed by atoms with Crippen LogP contribution in [-0.2, 0) is 16.1 Å². The van der Waals surface area contributed by atoms with Crippen molar-refractivity contribution in [2.24, 2.45) is 4.99 Å². The lowest BCUT2D eigenvalue weighted by atomic mass is 10.2. The summed E-state index contributed by atoms with van der Waals surface area (Å²) in [5.74, 6) is 0.760. The van der Waals surface area contributed by atoms with Crippen LogP contribution in [0.1, 0.15) is 25.3 Å². The van der Waals surface area contributed by atoms with E-state index < -0.39 is 0 Å². The molecule has 0 radical (unpaired) electrons. The molecule has 0 aliphatic rings. The van der Waals surface area contributed by atoms with Crippen LogP contribution < -0.4 is 16.0 Å². The van der Waals surface area contributed by atoms with Crippen LogP contribution >= 0.6 is 0 Å². The molecule has 1 aromatic rings. The molecule has 0 atom stereocenters. The van der Waals surface area contributed by atoms with Crippen LogP contribution in [0, 0.1) is 0 Å². The monoisotopic (exact) mass is 320 g/mol. The summed E-state index contributed by atoms with van der Waals surface area (Å²) in [7, 11) is 1.68. The predicted octanol–water partition coefficient (Wildman–Crippen LogP) is 1.28. The van der Waals surface area contributed by atoms with Gasteiger partial charge in [-0.3, -0.25) is 9.79 Å². The van der Waals surface area contributed by atoms with Gasteiger partial charge in [-0.1, -0.05) is 30.3 Å². The number of carbonyl (C=O) groups is 1. The van der Waals surface area contributed by atoms with Gasteiger partial charge in [0.05, 0.1) is 0 Å². The normalized spacial score (nSPS) is 11.1. The van der Waals surface area contributed by atoms with Crippen LogP contribution in [0.25, 0.3) is 0 Å². The van der Waals surface area contributed by atoms with E-state index in [1.165, 1.54) is 0 Å². The van der Waals surface area contributed by atoms with Gasteiger partial charge in [0.25, 0.3) is 0 Å². The highest BCUT2D eigenvalue weighted by atomic mass is 16.5. The second-order valence-electron chi connectivity index (χ2n) is 5.05. The molecule has 0 unspecified atom stereocenters. The molecule has 23 heavy (non-hydrogen) atoms. The third-order valence-electron chi connectivity index (χ3n) is 3.10. The largest absolute Gasteiger partial charge is 0.385 e. The van der Waals surface area contributed by atoms with Crippen molar-refractivity contribution < 1.29 is 9.53 Å². The van der Waals surface area contributed by atoms with E-state index in [9.17, 15) is 4.79 Å². The number of nitrogens with zero attached hydrogens (tertiary/aromatic N) is 1. The van der Waals surface area contributed by atoms with Gasteiger partial charge in [-0.05, 0) is 18.9 Å². The van der Waals surface area contributed by atoms with Gasteiger partial charge < -0.3 is 20.7 Å². The van der Waals surface area contributed by atoms with Crippen molar-refractivity contribution in [1.82, 2.24) is 16.0 Å². The highest BCUT2D eigenvalue weighted by molar-refractivity contribution is 5.81. The molecule has 0 bridgehead atoms. The number of benzene rings is 1. The fourth-order valence-electron chi connectivity index (χ4n) is 1.92. The van der Waals surface area contributed by atoms with E-state index in [-0.39, 0.29) is 5.91 Å². The quantitative estimate of drug-likeness (QED) is 0.345. The molecule has 6 heteroatoms. The van der Waals surface area contributed by atoms with Gasteiger partial charge in [0.2, 0.25) is 5.91 Å². The van der Waals surface area contributed by atoms with Gasteiger partial charge >= 0.3 is 0 Å². The number of aliphatic imine (C=N–C) groups is 1. The van der Waals surface area contributed by atoms with E-state index in [0.29, 0.717) is 32.7 Å². The lowest BCUT2D eigenvalue weighted by molar-refractivity contribution is -0.121. The molecule has 1 rings (SSSR count). The van der Waals surface area contributed by atoms with Gasteiger partial charge in [0, 0.05) is 46.3 Å². The van der Waals surface area contributed by atoms with E-state index in [0.717, 1.165) is 24.5 Å². The summed E-state index contributed by atoms with van der Waals surface area (Å²) < 4.78 is 5.00. The van der Waals surface area contributed by atoms with Crippen molar-refractivity contribution in [1.29, 1.82) is 0 Å². The zero-order chi connectivity index (χ0) is 16.8. The molecule has 128 valence electrons. The molecule has 1 amide bonds. The second kappa shape index (κ2) is 12.5. The average Bonchev–Trinajstić information content (AvgIpc) is 2.58. The fraction of sp³-hybridized carbons (Fsp3) is 0.529. The van der Waals surface area contributed by atoms with Crippen LogP contribution in [-0.4, -0.2) is 45.2 Å². The van der Waals surface area contributed by atoms with Crippen molar-refractivity contribution in [3.8, 4) is 0 Å². The average molecular weight is 320 g/mol. The maximum Gasteiger partial charge on any atom is 0.222 e. The number of ether oxygens (including phenoxy) is 1. The van der Waals surface area contributed by atoms with Gasteiger partial charge in [0.15, 0.2) is 5.96 Å². The molecule has 0 aliphatic carbocycles. The number of hydrogen-bond acceptors (Lipinski definition) is 3. The summed E-state index contributed by atoms with van der Waals surface area (Å²) in [4.78, 5) is 16.3. The van der Waals surface area contributed by atoms with E-state index in [2.05, 4.69) is 20.9 Å². The van der Waals surface area contributed by atoms with Crippen molar-refractivity contribution in [2.45, 2.75) is 26.3 Å². The highest BCUT2D eigenvalue weighted by Gasteiger charge is 2.02. The van der Waals surface area contributed by atoms with E-state index in [4.69, 9.17) is 4.74 Å². The molecule has 1 aromatic carbocycles. The summed E-state index contributed by atoms with van der Waals surface area (Å²) in [6.45, 7) is 5.31. The first-order valence-corrected chi connectivity index (χ1v) is 8.08. The molecular formula is C17H28N4O2. The predicted molar refractivity (Wildman–Crippen MR) is 93.4 cm³/mol. The highest BCUT2D eigenvalue weighted by Crippen LogP contribution is 1.97. The van der Waals surface area contributed by atoms with Crippen LogP contribution in [0.4, 0.5) is 0 Å². The molecular weight excluding hydrogens is 292 g/mol. The number of carbonyl (C=O) groups excluding carboxylic acids is 1. The molecule has 0 aliphatic heterocycles. The molecule has 0 spiro atoms. The minimum absolute atomic E-state index is 0.0246. The van der Waals surface area contributed by atoms with Crippen molar-refractivity contribution >= 4 is 11.9 Å². The standard InChI is InChI=1S/C17H28N4O2/c1-3-18-17(19-11-7-13-23-2)20-12-10-16(22)21-14-15-8-5-4-6-9-15/h4-6,8-9H,3,7,10-14H2,1-2H3,(H,21,22)(H2,18,19,20). The Hall–Kier alpha value is -2.08. The fourth-order valence-corrected chi connectivity index (χ4v) is 1.92. The first-order valence-electron chi connectivity index (χ1n) is 8.08. The Kier molecular flexibility index (Phi) is 10.3. The Morgan fingerprint density at radius 2 is 1.96 bits per heavy atom. The number of amides is 1. The summed E-state index contributed by atoms with van der Waals surface area (Å²) in [5.41, 5.74) is 1.10. The van der Waals surface area contributed by atoms with Crippen molar-refractivity contribution in [3.05, 3.63) is 35.9 Å². The Balaban J connectivity index is 2.22. The molecule has 3 N–H and O–H groups in total. The topological polar surface area (TPSA) is 74.8 Å². The number of rotatable bonds is 10. The third-order valence-corrected chi connectivity index (χ3v) is 3.10. The van der Waals surface area contributed by atoms with Gasteiger partial charge in [0.1, 0.15) is 0 Å². The lowest BCUT2D eigenvalue weighted by Crippen LogP contribution is -2.39. The zero-order valence-electron chi connectivity index (χ0n) is 14.1. The van der Waals surface area contributed by atoms with E-state index in [1.807, 2.05) is 37.3 Å². The van der Waals surface area contributed by atoms with Crippen LogP contribution in [0.3, 0.4) is 0 Å². The first kappa shape index (κ1) is 19.0. The zero-order valence-corrected chi connectivity index (χ0v) is 14.1. The number of methoxy groups -OCH3 is 1. The maximum atomic E-state index is 11.8. The minimum Gasteiger partial charge on any atom is -0.385 e. The molecule has 0 heterocycles. The summed E-state index contributed by atoms with van der Waals surface area (Å²) in [6.07, 6.45) is 1.29. The maximum absolute atomic E-state index is 11.8. The van der Waals surface area contributed by atoms with Gasteiger partial charge in [-0.2, -0.15) is 0 Å². The number of guanidine groups is 1. The Morgan fingerprint density at radius 3 is 2.65 bits per heavy atom. The smallest absolute Gasteiger partial charge is 0.222 e. The van der Waals surface area contributed by atoms with Crippen LogP contribution in [0.15, 0.2) is 35.3 Å². The Labute approximate surface area is 138 Å². The van der Waals surface area contributed by atoms with E-state index >= 15 is 0 Å². The van der Waals surface area contributed by atoms with Crippen LogP contribution in [0.2, 0.25) is 0 Å². The summed E-state index contributed by atoms with van der Waals surface area (Å²) in [5, 5.41) is 9.23.